The summed E-state index contributed by atoms with van der Waals surface area (Å²) in [7, 11) is 1.40. The van der Waals surface area contributed by atoms with Crippen molar-refractivity contribution < 1.29 is 9.53 Å². The third-order valence-electron chi connectivity index (χ3n) is 2.77. The lowest BCUT2D eigenvalue weighted by Crippen LogP contribution is -2.01. The van der Waals surface area contributed by atoms with Crippen LogP contribution in [0.4, 0.5) is 0 Å². The first-order valence-corrected chi connectivity index (χ1v) is 7.29. The standard InChI is InChI=1S/C13H15ClN2O2S/c1-8-7-9-12(14)15-10(16-13(9)19-8)5-3-4-6-11(17)18-2/h7H,3-6H2,1-2H3. The third kappa shape index (κ3) is 3.64. The van der Waals surface area contributed by atoms with Crippen molar-refractivity contribution in [3.8, 4) is 0 Å². The van der Waals surface area contributed by atoms with Gasteiger partial charge in [-0.2, -0.15) is 0 Å². The molecule has 0 aromatic carbocycles. The molecule has 2 aromatic heterocycles. The molecule has 6 heteroatoms. The van der Waals surface area contributed by atoms with Gasteiger partial charge in [0.05, 0.1) is 7.11 Å². The number of fused-ring (bicyclic) bond motifs is 1. The summed E-state index contributed by atoms with van der Waals surface area (Å²) in [6, 6.07) is 2.00. The Morgan fingerprint density at radius 2 is 2.21 bits per heavy atom. The van der Waals surface area contributed by atoms with E-state index in [0.717, 1.165) is 35.3 Å². The minimum atomic E-state index is -0.178. The fraction of sp³-hybridized carbons (Fsp3) is 0.462. The molecule has 0 fully saturated rings. The number of methoxy groups -OCH3 is 1. The second-order valence-electron chi connectivity index (χ2n) is 4.29. The Hall–Kier alpha value is -1.20. The number of carbonyl (C=O) groups is 1. The maximum absolute atomic E-state index is 11.0. The van der Waals surface area contributed by atoms with Crippen molar-refractivity contribution in [1.82, 2.24) is 9.97 Å². The molecule has 0 aliphatic rings. The van der Waals surface area contributed by atoms with Gasteiger partial charge in [-0.25, -0.2) is 9.97 Å². The van der Waals surface area contributed by atoms with Crippen LogP contribution >= 0.6 is 22.9 Å². The van der Waals surface area contributed by atoms with E-state index in [2.05, 4.69) is 14.7 Å². The average molecular weight is 299 g/mol. The summed E-state index contributed by atoms with van der Waals surface area (Å²) in [6.45, 7) is 2.03. The van der Waals surface area contributed by atoms with E-state index >= 15 is 0 Å². The van der Waals surface area contributed by atoms with E-state index in [4.69, 9.17) is 11.6 Å². The SMILES string of the molecule is COC(=O)CCCCc1nc(Cl)c2cc(C)sc2n1. The molecule has 0 aliphatic heterocycles. The predicted octanol–water partition coefficient (Wildman–Crippen LogP) is 3.54. The quantitative estimate of drug-likeness (QED) is 0.481. The number of hydrogen-bond acceptors (Lipinski definition) is 5. The van der Waals surface area contributed by atoms with Crippen LogP contribution in [0, 0.1) is 6.92 Å². The molecule has 2 heterocycles. The topological polar surface area (TPSA) is 52.1 Å². The molecule has 0 saturated heterocycles. The molecule has 2 rings (SSSR count). The Balaban J connectivity index is 1.99. The van der Waals surface area contributed by atoms with E-state index in [9.17, 15) is 4.79 Å². The van der Waals surface area contributed by atoms with E-state index in [-0.39, 0.29) is 5.97 Å². The first kappa shape index (κ1) is 14.2. The Kier molecular flexibility index (Phi) is 4.71. The van der Waals surface area contributed by atoms with Gasteiger partial charge < -0.3 is 4.74 Å². The van der Waals surface area contributed by atoms with Gasteiger partial charge in [-0.3, -0.25) is 4.79 Å². The van der Waals surface area contributed by atoms with Crippen LogP contribution in [0.25, 0.3) is 10.2 Å². The van der Waals surface area contributed by atoms with Crippen LogP contribution < -0.4 is 0 Å². The van der Waals surface area contributed by atoms with Gasteiger partial charge in [-0.05, 0) is 25.8 Å². The summed E-state index contributed by atoms with van der Waals surface area (Å²) in [4.78, 5) is 21.9. The van der Waals surface area contributed by atoms with E-state index in [1.54, 1.807) is 11.3 Å². The van der Waals surface area contributed by atoms with Crippen LogP contribution in [0.1, 0.15) is 30.0 Å². The average Bonchev–Trinajstić information content (AvgIpc) is 2.75. The largest absolute Gasteiger partial charge is 0.469 e. The summed E-state index contributed by atoms with van der Waals surface area (Å²) in [6.07, 6.45) is 2.78. The normalized spacial score (nSPS) is 10.9. The van der Waals surface area contributed by atoms with Crippen LogP contribution in [-0.2, 0) is 16.0 Å². The lowest BCUT2D eigenvalue weighted by molar-refractivity contribution is -0.140. The smallest absolute Gasteiger partial charge is 0.305 e. The summed E-state index contributed by atoms with van der Waals surface area (Å²) < 4.78 is 4.59. The molecule has 4 nitrogen and oxygen atoms in total. The molecule has 0 unspecified atom stereocenters. The minimum absolute atomic E-state index is 0.178. The maximum atomic E-state index is 11.0. The van der Waals surface area contributed by atoms with Gasteiger partial charge in [-0.15, -0.1) is 11.3 Å². The highest BCUT2D eigenvalue weighted by Crippen LogP contribution is 2.28. The van der Waals surface area contributed by atoms with Gasteiger partial charge in [-0.1, -0.05) is 11.6 Å². The first-order valence-electron chi connectivity index (χ1n) is 6.09. The molecular weight excluding hydrogens is 284 g/mol. The van der Waals surface area contributed by atoms with E-state index in [1.165, 1.54) is 12.0 Å². The maximum Gasteiger partial charge on any atom is 0.305 e. The second kappa shape index (κ2) is 6.30. The number of thiophene rings is 1. The third-order valence-corrected chi connectivity index (χ3v) is 4.01. The Bertz CT molecular complexity index is 598. The van der Waals surface area contributed by atoms with Crippen molar-refractivity contribution in [2.24, 2.45) is 0 Å². The Morgan fingerprint density at radius 3 is 2.95 bits per heavy atom. The number of halogens is 1. The van der Waals surface area contributed by atoms with Crippen molar-refractivity contribution in [2.75, 3.05) is 7.11 Å². The van der Waals surface area contributed by atoms with Crippen LogP contribution in [0.5, 0.6) is 0 Å². The number of hydrogen-bond donors (Lipinski definition) is 0. The highest BCUT2D eigenvalue weighted by atomic mass is 35.5. The Labute approximate surface area is 120 Å². The van der Waals surface area contributed by atoms with Crippen LogP contribution in [0.3, 0.4) is 0 Å². The van der Waals surface area contributed by atoms with Gasteiger partial charge in [0, 0.05) is 23.1 Å². The fourth-order valence-corrected chi connectivity index (χ4v) is 3.01. The number of esters is 1. The zero-order chi connectivity index (χ0) is 13.8. The second-order valence-corrected chi connectivity index (χ2v) is 5.88. The fourth-order valence-electron chi connectivity index (χ4n) is 1.81. The molecule has 0 amide bonds. The van der Waals surface area contributed by atoms with E-state index in [0.29, 0.717) is 11.6 Å². The first-order chi connectivity index (χ1) is 9.10. The lowest BCUT2D eigenvalue weighted by Gasteiger charge is -2.01. The van der Waals surface area contributed by atoms with Gasteiger partial charge in [0.1, 0.15) is 15.8 Å². The minimum Gasteiger partial charge on any atom is -0.469 e. The van der Waals surface area contributed by atoms with Crippen molar-refractivity contribution in [3.05, 3.63) is 21.9 Å². The van der Waals surface area contributed by atoms with Crippen molar-refractivity contribution in [2.45, 2.75) is 32.6 Å². The zero-order valence-corrected chi connectivity index (χ0v) is 12.5. The highest BCUT2D eigenvalue weighted by Gasteiger charge is 2.09. The molecule has 19 heavy (non-hydrogen) atoms. The molecule has 0 N–H and O–H groups in total. The summed E-state index contributed by atoms with van der Waals surface area (Å²) in [5.41, 5.74) is 0. The van der Waals surface area contributed by atoms with Crippen LogP contribution in [0.15, 0.2) is 6.07 Å². The molecule has 2 aromatic rings. The van der Waals surface area contributed by atoms with Crippen LogP contribution in [-0.4, -0.2) is 23.0 Å². The molecule has 0 radical (unpaired) electrons. The van der Waals surface area contributed by atoms with Crippen LogP contribution in [0.2, 0.25) is 5.15 Å². The summed E-state index contributed by atoms with van der Waals surface area (Å²) in [5.74, 6) is 0.563. The van der Waals surface area contributed by atoms with Crippen molar-refractivity contribution in [1.29, 1.82) is 0 Å². The van der Waals surface area contributed by atoms with Gasteiger partial charge in [0.2, 0.25) is 0 Å². The number of carbonyl (C=O) groups excluding carboxylic acids is 1. The monoisotopic (exact) mass is 298 g/mol. The summed E-state index contributed by atoms with van der Waals surface area (Å²) >= 11 is 7.76. The molecule has 0 saturated carbocycles. The molecule has 0 aliphatic carbocycles. The summed E-state index contributed by atoms with van der Waals surface area (Å²) in [5, 5.41) is 1.43. The number of rotatable bonds is 5. The number of aromatic nitrogens is 2. The van der Waals surface area contributed by atoms with Crippen molar-refractivity contribution >= 4 is 39.1 Å². The van der Waals surface area contributed by atoms with E-state index in [1.807, 2.05) is 13.0 Å². The highest BCUT2D eigenvalue weighted by molar-refractivity contribution is 7.18. The van der Waals surface area contributed by atoms with Gasteiger partial charge in [0.25, 0.3) is 0 Å². The van der Waals surface area contributed by atoms with E-state index < -0.39 is 0 Å². The van der Waals surface area contributed by atoms with Gasteiger partial charge in [0.15, 0.2) is 0 Å². The zero-order valence-electron chi connectivity index (χ0n) is 10.9. The number of nitrogens with zero attached hydrogens (tertiary/aromatic N) is 2. The number of ether oxygens (including phenoxy) is 1. The Morgan fingerprint density at radius 1 is 1.42 bits per heavy atom. The number of unbranched alkanes of at least 4 members (excludes halogenated alkanes) is 1. The molecule has 0 bridgehead atoms. The van der Waals surface area contributed by atoms with Gasteiger partial charge >= 0.3 is 5.97 Å². The predicted molar refractivity (Wildman–Crippen MR) is 76.7 cm³/mol. The molecule has 0 spiro atoms. The van der Waals surface area contributed by atoms with Crippen molar-refractivity contribution in [3.63, 3.8) is 0 Å². The molecular formula is C13H15ClN2O2S. The number of aryl methyl sites for hydroxylation is 2. The molecule has 102 valence electrons. The molecule has 0 atom stereocenters. The lowest BCUT2D eigenvalue weighted by atomic mass is 10.2.